The summed E-state index contributed by atoms with van der Waals surface area (Å²) >= 11 is 0. The molecule has 0 radical (unpaired) electrons. The Morgan fingerprint density at radius 1 is 0.520 bits per heavy atom. The number of rotatable bonds is 18. The van der Waals surface area contributed by atoms with Gasteiger partial charge in [-0.15, -0.1) is 0 Å². The molecule has 0 heterocycles. The van der Waals surface area contributed by atoms with Gasteiger partial charge in [-0.1, -0.05) is 71.6 Å². The molecule has 0 aliphatic heterocycles. The van der Waals surface area contributed by atoms with Gasteiger partial charge in [0.25, 0.3) is 0 Å². The fraction of sp³-hybridized carbons (Fsp3) is 0.905. The summed E-state index contributed by atoms with van der Waals surface area (Å²) in [7, 11) is 0. The predicted molar refractivity (Wildman–Crippen MR) is 103 cm³/mol. The fourth-order valence-electron chi connectivity index (χ4n) is 2.64. The van der Waals surface area contributed by atoms with Gasteiger partial charge in [0.2, 0.25) is 0 Å². The van der Waals surface area contributed by atoms with Crippen molar-refractivity contribution in [2.75, 3.05) is 13.2 Å². The van der Waals surface area contributed by atoms with Crippen LogP contribution in [0.15, 0.2) is 0 Å². The third-order valence-electron chi connectivity index (χ3n) is 4.28. The fourth-order valence-corrected chi connectivity index (χ4v) is 2.64. The van der Waals surface area contributed by atoms with Crippen LogP contribution in [0.5, 0.6) is 0 Å². The van der Waals surface area contributed by atoms with E-state index in [-0.39, 0.29) is 11.9 Å². The molecular weight excluding hydrogens is 316 g/mol. The van der Waals surface area contributed by atoms with E-state index in [0.29, 0.717) is 26.1 Å². The van der Waals surface area contributed by atoms with Gasteiger partial charge in [-0.05, 0) is 25.7 Å². The van der Waals surface area contributed by atoms with Crippen molar-refractivity contribution >= 4 is 11.9 Å². The Hall–Kier alpha value is -1.06. The molecule has 0 fully saturated rings. The highest BCUT2D eigenvalue weighted by atomic mass is 16.5. The van der Waals surface area contributed by atoms with Crippen LogP contribution in [0.25, 0.3) is 0 Å². The van der Waals surface area contributed by atoms with Crippen LogP contribution in [-0.4, -0.2) is 25.2 Å². The van der Waals surface area contributed by atoms with Crippen molar-refractivity contribution in [3.05, 3.63) is 0 Å². The molecule has 0 aromatic rings. The second-order valence-electron chi connectivity index (χ2n) is 6.83. The van der Waals surface area contributed by atoms with Crippen molar-refractivity contribution in [2.45, 2.75) is 110 Å². The van der Waals surface area contributed by atoms with E-state index >= 15 is 0 Å². The van der Waals surface area contributed by atoms with Crippen LogP contribution in [0.4, 0.5) is 0 Å². The van der Waals surface area contributed by atoms with Crippen LogP contribution < -0.4 is 0 Å². The zero-order valence-corrected chi connectivity index (χ0v) is 16.7. The van der Waals surface area contributed by atoms with Gasteiger partial charge in [0.05, 0.1) is 13.2 Å². The molecule has 0 bridgehead atoms. The summed E-state index contributed by atoms with van der Waals surface area (Å²) in [6.45, 7) is 5.46. The first-order valence-electron chi connectivity index (χ1n) is 10.5. The van der Waals surface area contributed by atoms with Crippen molar-refractivity contribution < 1.29 is 19.1 Å². The third-order valence-corrected chi connectivity index (χ3v) is 4.28. The lowest BCUT2D eigenvalue weighted by Crippen LogP contribution is -2.06. The van der Waals surface area contributed by atoms with E-state index in [1.165, 1.54) is 12.8 Å². The first-order valence-corrected chi connectivity index (χ1v) is 10.5. The van der Waals surface area contributed by atoms with Crippen molar-refractivity contribution in [1.82, 2.24) is 0 Å². The van der Waals surface area contributed by atoms with Gasteiger partial charge in [0.1, 0.15) is 0 Å². The third kappa shape index (κ3) is 19.1. The molecule has 0 atom stereocenters. The number of ether oxygens (including phenoxy) is 2. The van der Waals surface area contributed by atoms with E-state index in [9.17, 15) is 9.59 Å². The van der Waals surface area contributed by atoms with Gasteiger partial charge in [-0.3, -0.25) is 9.59 Å². The highest BCUT2D eigenvalue weighted by molar-refractivity contribution is 5.69. The lowest BCUT2D eigenvalue weighted by atomic mass is 10.1. The normalized spacial score (nSPS) is 10.6. The molecule has 0 rings (SSSR count). The molecule has 0 saturated heterocycles. The van der Waals surface area contributed by atoms with Crippen LogP contribution in [0, 0.1) is 0 Å². The zero-order chi connectivity index (χ0) is 18.6. The molecule has 0 N–H and O–H groups in total. The lowest BCUT2D eigenvalue weighted by Gasteiger charge is -2.05. The summed E-state index contributed by atoms with van der Waals surface area (Å²) in [5.74, 6) is -0.111. The summed E-state index contributed by atoms with van der Waals surface area (Å²) in [6.07, 6.45) is 15.1. The number of hydrogen-bond acceptors (Lipinski definition) is 4. The van der Waals surface area contributed by atoms with Crippen LogP contribution in [0.2, 0.25) is 0 Å². The molecule has 4 heteroatoms. The minimum Gasteiger partial charge on any atom is -0.466 e. The van der Waals surface area contributed by atoms with Gasteiger partial charge in [-0.25, -0.2) is 0 Å². The van der Waals surface area contributed by atoms with Crippen molar-refractivity contribution in [1.29, 1.82) is 0 Å². The standard InChI is InChI=1S/C21H40O4/c1-3-5-7-15-19-25-21(23)17-13-11-9-8-10-12-16-20(22)24-18-14-6-4-2/h3-19H2,1-2H3. The van der Waals surface area contributed by atoms with Gasteiger partial charge >= 0.3 is 11.9 Å². The van der Waals surface area contributed by atoms with E-state index in [2.05, 4.69) is 13.8 Å². The minimum absolute atomic E-state index is 0.0534. The molecule has 0 aliphatic carbocycles. The molecule has 0 aromatic heterocycles. The Morgan fingerprint density at radius 2 is 0.880 bits per heavy atom. The van der Waals surface area contributed by atoms with E-state index in [1.54, 1.807) is 0 Å². The highest BCUT2D eigenvalue weighted by Gasteiger charge is 2.04. The number of carbonyl (C=O) groups excluding carboxylic acids is 2. The Bertz CT molecular complexity index is 315. The number of unbranched alkanes of at least 4 members (excludes halogenated alkanes) is 10. The molecule has 148 valence electrons. The smallest absolute Gasteiger partial charge is 0.305 e. The molecule has 25 heavy (non-hydrogen) atoms. The summed E-state index contributed by atoms with van der Waals surface area (Å²) in [5.41, 5.74) is 0. The Kier molecular flexibility index (Phi) is 18.5. The molecule has 0 spiro atoms. The maximum Gasteiger partial charge on any atom is 0.305 e. The van der Waals surface area contributed by atoms with E-state index in [1.807, 2.05) is 0 Å². The summed E-state index contributed by atoms with van der Waals surface area (Å²) in [4.78, 5) is 23.0. The first kappa shape index (κ1) is 23.9. The van der Waals surface area contributed by atoms with Crippen LogP contribution in [0.1, 0.15) is 110 Å². The van der Waals surface area contributed by atoms with Gasteiger partial charge in [0, 0.05) is 12.8 Å². The van der Waals surface area contributed by atoms with Crippen LogP contribution in [-0.2, 0) is 19.1 Å². The van der Waals surface area contributed by atoms with Crippen molar-refractivity contribution in [3.63, 3.8) is 0 Å². The van der Waals surface area contributed by atoms with E-state index in [0.717, 1.165) is 70.6 Å². The SMILES string of the molecule is CCCCCCOC(=O)CCCCCCCCC(=O)OCCCCC. The number of carbonyl (C=O) groups is 2. The monoisotopic (exact) mass is 356 g/mol. The Balaban J connectivity index is 3.24. The largest absolute Gasteiger partial charge is 0.466 e. The van der Waals surface area contributed by atoms with Gasteiger partial charge in [0.15, 0.2) is 0 Å². The van der Waals surface area contributed by atoms with Crippen LogP contribution >= 0.6 is 0 Å². The molecular formula is C21H40O4. The summed E-state index contributed by atoms with van der Waals surface area (Å²) < 4.78 is 10.4. The maximum absolute atomic E-state index is 11.5. The highest BCUT2D eigenvalue weighted by Crippen LogP contribution is 2.10. The van der Waals surface area contributed by atoms with Crippen molar-refractivity contribution in [2.24, 2.45) is 0 Å². The average molecular weight is 357 g/mol. The molecule has 0 unspecified atom stereocenters. The average Bonchev–Trinajstić information content (AvgIpc) is 2.60. The predicted octanol–water partition coefficient (Wildman–Crippen LogP) is 5.96. The number of esters is 2. The van der Waals surface area contributed by atoms with Gasteiger partial charge < -0.3 is 9.47 Å². The topological polar surface area (TPSA) is 52.6 Å². The summed E-state index contributed by atoms with van der Waals surface area (Å²) in [5, 5.41) is 0. The lowest BCUT2D eigenvalue weighted by molar-refractivity contribution is -0.144. The molecule has 0 aliphatic rings. The molecule has 0 amide bonds. The molecule has 4 nitrogen and oxygen atoms in total. The first-order chi connectivity index (χ1) is 12.2. The van der Waals surface area contributed by atoms with E-state index < -0.39 is 0 Å². The Labute approximate surface area is 155 Å². The van der Waals surface area contributed by atoms with E-state index in [4.69, 9.17) is 9.47 Å². The summed E-state index contributed by atoms with van der Waals surface area (Å²) in [6, 6.07) is 0. The second-order valence-corrected chi connectivity index (χ2v) is 6.83. The van der Waals surface area contributed by atoms with Crippen LogP contribution in [0.3, 0.4) is 0 Å². The Morgan fingerprint density at radius 3 is 1.36 bits per heavy atom. The molecule has 0 saturated carbocycles. The number of hydrogen-bond donors (Lipinski definition) is 0. The second kappa shape index (κ2) is 19.3. The minimum atomic E-state index is -0.0576. The molecule has 0 aromatic carbocycles. The quantitative estimate of drug-likeness (QED) is 0.224. The zero-order valence-electron chi connectivity index (χ0n) is 16.7. The van der Waals surface area contributed by atoms with Gasteiger partial charge in [-0.2, -0.15) is 0 Å². The van der Waals surface area contributed by atoms with Crippen molar-refractivity contribution in [3.8, 4) is 0 Å². The maximum atomic E-state index is 11.5.